The van der Waals surface area contributed by atoms with Gasteiger partial charge in [0.1, 0.15) is 5.75 Å². The molecular weight excluding hydrogens is 210 g/mol. The van der Waals surface area contributed by atoms with Gasteiger partial charge in [-0.15, -0.1) is 0 Å². The van der Waals surface area contributed by atoms with Gasteiger partial charge < -0.3 is 5.11 Å². The smallest absolute Gasteiger partial charge is 0.115 e. The summed E-state index contributed by atoms with van der Waals surface area (Å²) in [7, 11) is 0. The van der Waals surface area contributed by atoms with Gasteiger partial charge >= 0.3 is 0 Å². The van der Waals surface area contributed by atoms with E-state index in [4.69, 9.17) is 0 Å². The highest BCUT2D eigenvalue weighted by molar-refractivity contribution is 6.03. The molecule has 0 aliphatic carbocycles. The summed E-state index contributed by atoms with van der Waals surface area (Å²) in [6.45, 7) is 6.33. The Morgan fingerprint density at radius 1 is 1.18 bits per heavy atom. The molecule has 2 rings (SSSR count). The van der Waals surface area contributed by atoms with Crippen molar-refractivity contribution in [2.45, 2.75) is 27.2 Å². The van der Waals surface area contributed by atoms with E-state index in [9.17, 15) is 5.11 Å². The first kappa shape index (κ1) is 11.6. The molecule has 1 aliphatic rings. The molecule has 0 atom stereocenters. The molecule has 1 aliphatic heterocycles. The van der Waals surface area contributed by atoms with Gasteiger partial charge in [0.15, 0.2) is 0 Å². The highest BCUT2D eigenvalue weighted by Gasteiger charge is 2.15. The highest BCUT2D eigenvalue weighted by atomic mass is 16.3. The molecule has 0 saturated carbocycles. The quantitative estimate of drug-likeness (QED) is 0.815. The fraction of sp³-hybridized carbons (Fsp3) is 0.267. The van der Waals surface area contributed by atoms with Crippen LogP contribution in [0.1, 0.15) is 32.8 Å². The summed E-state index contributed by atoms with van der Waals surface area (Å²) in [4.78, 5) is 4.58. The van der Waals surface area contributed by atoms with E-state index in [1.807, 2.05) is 12.1 Å². The van der Waals surface area contributed by atoms with Crippen molar-refractivity contribution in [1.82, 2.24) is 0 Å². The number of allylic oxidation sites excluding steroid dienone is 2. The van der Waals surface area contributed by atoms with Crippen molar-refractivity contribution in [1.29, 1.82) is 0 Å². The minimum absolute atomic E-state index is 0.291. The molecule has 1 aromatic carbocycles. The van der Waals surface area contributed by atoms with Crippen LogP contribution in [0.25, 0.3) is 6.08 Å². The predicted molar refractivity (Wildman–Crippen MR) is 72.2 cm³/mol. The molecule has 0 aromatic heterocycles. The molecule has 1 aromatic rings. The van der Waals surface area contributed by atoms with Crippen LogP contribution in [0.5, 0.6) is 5.75 Å². The van der Waals surface area contributed by atoms with Crippen LogP contribution in [0.4, 0.5) is 0 Å². The van der Waals surface area contributed by atoms with Crippen molar-refractivity contribution in [3.63, 3.8) is 0 Å². The maximum atomic E-state index is 9.23. The van der Waals surface area contributed by atoms with Gasteiger partial charge in [-0.3, -0.25) is 4.99 Å². The maximum Gasteiger partial charge on any atom is 0.115 e. The molecule has 0 saturated heterocycles. The number of nitrogens with zero attached hydrogens (tertiary/aromatic N) is 1. The van der Waals surface area contributed by atoms with Crippen molar-refractivity contribution in [3.8, 4) is 5.75 Å². The van der Waals surface area contributed by atoms with Gasteiger partial charge in [0.2, 0.25) is 0 Å². The third kappa shape index (κ3) is 2.31. The lowest BCUT2D eigenvalue weighted by molar-refractivity contribution is 0.475. The summed E-state index contributed by atoms with van der Waals surface area (Å²) in [5, 5.41) is 9.23. The summed E-state index contributed by atoms with van der Waals surface area (Å²) in [6.07, 6.45) is 3.08. The zero-order valence-electron chi connectivity index (χ0n) is 10.5. The number of hydrogen-bond acceptors (Lipinski definition) is 2. The molecule has 1 heterocycles. The number of phenols is 1. The van der Waals surface area contributed by atoms with E-state index in [2.05, 4.69) is 31.8 Å². The summed E-state index contributed by atoms with van der Waals surface area (Å²) >= 11 is 0. The number of rotatable bonds is 2. The van der Waals surface area contributed by atoms with Crippen molar-refractivity contribution in [2.75, 3.05) is 0 Å². The number of benzene rings is 1. The molecule has 2 heteroatoms. The lowest BCUT2D eigenvalue weighted by atomic mass is 10.0. The fourth-order valence-corrected chi connectivity index (χ4v) is 2.15. The molecule has 88 valence electrons. The van der Waals surface area contributed by atoms with Crippen molar-refractivity contribution in [3.05, 3.63) is 46.7 Å². The average Bonchev–Trinajstić information content (AvgIpc) is 2.57. The minimum atomic E-state index is 0.291. The normalized spacial score (nSPS) is 17.8. The highest BCUT2D eigenvalue weighted by Crippen LogP contribution is 2.28. The second-order valence-corrected chi connectivity index (χ2v) is 4.28. The fourth-order valence-electron chi connectivity index (χ4n) is 2.15. The van der Waals surface area contributed by atoms with Crippen LogP contribution in [-0.4, -0.2) is 10.8 Å². The van der Waals surface area contributed by atoms with Crippen molar-refractivity contribution in [2.24, 2.45) is 4.99 Å². The first-order chi connectivity index (χ1) is 8.11. The molecule has 0 bridgehead atoms. The molecule has 0 unspecified atom stereocenters. The Morgan fingerprint density at radius 3 is 2.35 bits per heavy atom. The molecule has 2 nitrogen and oxygen atoms in total. The van der Waals surface area contributed by atoms with E-state index in [1.165, 1.54) is 11.1 Å². The van der Waals surface area contributed by atoms with Crippen LogP contribution in [0.3, 0.4) is 0 Å². The van der Waals surface area contributed by atoms with Gasteiger partial charge in [-0.2, -0.15) is 0 Å². The second-order valence-electron chi connectivity index (χ2n) is 4.28. The molecule has 0 amide bonds. The van der Waals surface area contributed by atoms with Crippen LogP contribution >= 0.6 is 0 Å². The molecule has 1 N–H and O–H groups in total. The standard InChI is InChI=1S/C15H17NO/c1-4-14-10(2)15(16-11(14)3)9-12-5-7-13(17)8-6-12/h5-9,17H,4H2,1-3H3. The van der Waals surface area contributed by atoms with Gasteiger partial charge in [0.05, 0.1) is 5.70 Å². The SMILES string of the molecule is CCC1=C(C)C(=Cc2ccc(O)cc2)N=C1C. The molecule has 0 spiro atoms. The zero-order chi connectivity index (χ0) is 12.4. The van der Waals surface area contributed by atoms with Gasteiger partial charge in [0, 0.05) is 5.71 Å². The Bertz CT molecular complexity index is 518. The Labute approximate surface area is 102 Å². The maximum absolute atomic E-state index is 9.23. The second kappa shape index (κ2) is 4.58. The van der Waals surface area contributed by atoms with Gasteiger partial charge in [-0.05, 0) is 55.2 Å². The van der Waals surface area contributed by atoms with Gasteiger partial charge in [-0.1, -0.05) is 19.1 Å². The Balaban J connectivity index is 2.37. The van der Waals surface area contributed by atoms with Crippen LogP contribution in [0.2, 0.25) is 0 Å². The number of hydrogen-bond donors (Lipinski definition) is 1. The third-order valence-electron chi connectivity index (χ3n) is 3.11. The first-order valence-electron chi connectivity index (χ1n) is 5.88. The van der Waals surface area contributed by atoms with E-state index in [0.717, 1.165) is 23.4 Å². The number of aliphatic imine (C=N–C) groups is 1. The predicted octanol–water partition coefficient (Wildman–Crippen LogP) is 3.93. The third-order valence-corrected chi connectivity index (χ3v) is 3.11. The Morgan fingerprint density at radius 2 is 1.82 bits per heavy atom. The summed E-state index contributed by atoms with van der Waals surface area (Å²) < 4.78 is 0. The summed E-state index contributed by atoms with van der Waals surface area (Å²) in [5.41, 5.74) is 5.82. The minimum Gasteiger partial charge on any atom is -0.508 e. The van der Waals surface area contributed by atoms with Crippen LogP contribution in [0, 0.1) is 0 Å². The van der Waals surface area contributed by atoms with E-state index < -0.39 is 0 Å². The molecular formula is C15H17NO. The van der Waals surface area contributed by atoms with Crippen LogP contribution < -0.4 is 0 Å². The van der Waals surface area contributed by atoms with Gasteiger partial charge in [0.25, 0.3) is 0 Å². The van der Waals surface area contributed by atoms with E-state index in [0.29, 0.717) is 5.75 Å². The topological polar surface area (TPSA) is 32.6 Å². The van der Waals surface area contributed by atoms with E-state index in [1.54, 1.807) is 12.1 Å². The van der Waals surface area contributed by atoms with Crippen LogP contribution in [-0.2, 0) is 0 Å². The van der Waals surface area contributed by atoms with E-state index in [-0.39, 0.29) is 0 Å². The summed E-state index contributed by atoms with van der Waals surface area (Å²) in [6, 6.07) is 7.17. The number of aromatic hydroxyl groups is 1. The van der Waals surface area contributed by atoms with Crippen molar-refractivity contribution >= 4 is 11.8 Å². The molecule has 0 radical (unpaired) electrons. The Hall–Kier alpha value is -1.83. The van der Waals surface area contributed by atoms with Crippen LogP contribution in [0.15, 0.2) is 46.1 Å². The first-order valence-corrected chi connectivity index (χ1v) is 5.88. The zero-order valence-corrected chi connectivity index (χ0v) is 10.5. The largest absolute Gasteiger partial charge is 0.508 e. The van der Waals surface area contributed by atoms with E-state index >= 15 is 0 Å². The monoisotopic (exact) mass is 227 g/mol. The molecule has 17 heavy (non-hydrogen) atoms. The van der Waals surface area contributed by atoms with Gasteiger partial charge in [-0.25, -0.2) is 0 Å². The lowest BCUT2D eigenvalue weighted by Gasteiger charge is -2.00. The number of phenolic OH excluding ortho intramolecular Hbond substituents is 1. The molecule has 0 fully saturated rings. The average molecular weight is 227 g/mol. The van der Waals surface area contributed by atoms with Crippen molar-refractivity contribution < 1.29 is 5.11 Å². The lowest BCUT2D eigenvalue weighted by Crippen LogP contribution is -1.91. The summed E-state index contributed by atoms with van der Waals surface area (Å²) in [5.74, 6) is 0.291. The Kier molecular flexibility index (Phi) is 3.14.